The number of hydrogen-bond acceptors (Lipinski definition) is 3. The molecule has 0 radical (unpaired) electrons. The number of aliphatic hydroxyl groups excluding tert-OH is 1. The summed E-state index contributed by atoms with van der Waals surface area (Å²) in [6.07, 6.45) is 0.0463. The summed E-state index contributed by atoms with van der Waals surface area (Å²) in [4.78, 5) is 0.256. The second-order valence-corrected chi connectivity index (χ2v) is 9.38. The molecule has 21 heavy (non-hydrogen) atoms. The van der Waals surface area contributed by atoms with E-state index in [0.717, 1.165) is 0 Å². The number of nitrogens with zero attached hydrogens (tertiary/aromatic N) is 1. The van der Waals surface area contributed by atoms with Crippen molar-refractivity contribution in [3.63, 3.8) is 0 Å². The third kappa shape index (κ3) is 3.50. The Balaban J connectivity index is 2.23. The standard InChI is InChI=1S/C15H22BrNO3S/c1-15(2,3)11-8-9-17(10-13(11)18)21(19,20)14-7-5-4-6-12(14)16/h4-7,11,13,18H,8-10H2,1-3H3/t11-,13-/m1/s1. The minimum Gasteiger partial charge on any atom is -0.391 e. The van der Waals surface area contributed by atoms with Crippen molar-refractivity contribution in [2.45, 2.75) is 38.2 Å². The summed E-state index contributed by atoms with van der Waals surface area (Å²) in [5.74, 6) is 0.114. The SMILES string of the molecule is CC(C)(C)[C@@H]1CCN(S(=O)(=O)c2ccccc2Br)C[C@H]1O. The lowest BCUT2D eigenvalue weighted by Gasteiger charge is -2.41. The van der Waals surface area contributed by atoms with Gasteiger partial charge in [0.15, 0.2) is 0 Å². The molecular weight excluding hydrogens is 354 g/mol. The fourth-order valence-electron chi connectivity index (χ4n) is 2.92. The van der Waals surface area contributed by atoms with Gasteiger partial charge in [0.2, 0.25) is 10.0 Å². The van der Waals surface area contributed by atoms with Crippen LogP contribution in [-0.2, 0) is 10.0 Å². The van der Waals surface area contributed by atoms with Crippen LogP contribution in [-0.4, -0.2) is 37.0 Å². The molecule has 6 heteroatoms. The zero-order valence-electron chi connectivity index (χ0n) is 12.6. The van der Waals surface area contributed by atoms with Crippen LogP contribution >= 0.6 is 15.9 Å². The Morgan fingerprint density at radius 3 is 2.43 bits per heavy atom. The van der Waals surface area contributed by atoms with E-state index in [1.807, 2.05) is 0 Å². The lowest BCUT2D eigenvalue weighted by atomic mass is 9.74. The molecule has 2 rings (SSSR count). The molecule has 0 aromatic heterocycles. The first-order valence-electron chi connectivity index (χ1n) is 7.07. The molecule has 1 aliphatic rings. The fraction of sp³-hybridized carbons (Fsp3) is 0.600. The summed E-state index contributed by atoms with van der Waals surface area (Å²) in [6.45, 7) is 6.85. The summed E-state index contributed by atoms with van der Waals surface area (Å²) < 4.78 is 27.3. The first kappa shape index (κ1) is 16.9. The number of benzene rings is 1. The van der Waals surface area contributed by atoms with Crippen molar-refractivity contribution in [1.29, 1.82) is 0 Å². The van der Waals surface area contributed by atoms with Gasteiger partial charge in [0.05, 0.1) is 11.0 Å². The normalized spacial score (nSPS) is 25.0. The van der Waals surface area contributed by atoms with Crippen molar-refractivity contribution < 1.29 is 13.5 Å². The maximum Gasteiger partial charge on any atom is 0.244 e. The Morgan fingerprint density at radius 1 is 1.29 bits per heavy atom. The van der Waals surface area contributed by atoms with Gasteiger partial charge in [-0.3, -0.25) is 0 Å². The van der Waals surface area contributed by atoms with Crippen LogP contribution in [0.3, 0.4) is 0 Å². The van der Waals surface area contributed by atoms with Gasteiger partial charge in [0.25, 0.3) is 0 Å². The molecule has 0 saturated carbocycles. The first-order chi connectivity index (χ1) is 9.64. The van der Waals surface area contributed by atoms with E-state index in [4.69, 9.17) is 0 Å². The second kappa shape index (κ2) is 5.99. The van der Waals surface area contributed by atoms with Gasteiger partial charge in [-0.15, -0.1) is 0 Å². The minimum absolute atomic E-state index is 0.0252. The van der Waals surface area contributed by atoms with E-state index in [-0.39, 0.29) is 22.8 Å². The van der Waals surface area contributed by atoms with E-state index in [9.17, 15) is 13.5 Å². The smallest absolute Gasteiger partial charge is 0.244 e. The average molecular weight is 376 g/mol. The predicted molar refractivity (Wildman–Crippen MR) is 86.5 cm³/mol. The van der Waals surface area contributed by atoms with Gasteiger partial charge in [-0.05, 0) is 45.8 Å². The fourth-order valence-corrected chi connectivity index (χ4v) is 5.36. The second-order valence-electron chi connectivity index (χ2n) is 6.62. The summed E-state index contributed by atoms with van der Waals surface area (Å²) in [7, 11) is -3.57. The topological polar surface area (TPSA) is 57.6 Å². The summed E-state index contributed by atoms with van der Waals surface area (Å²) in [6, 6.07) is 6.78. The lowest BCUT2D eigenvalue weighted by Crippen LogP contribution is -2.49. The number of hydrogen-bond donors (Lipinski definition) is 1. The Morgan fingerprint density at radius 2 is 1.90 bits per heavy atom. The molecule has 1 saturated heterocycles. The van der Waals surface area contributed by atoms with Gasteiger partial charge in [-0.25, -0.2) is 8.42 Å². The molecular formula is C15H22BrNO3S. The molecule has 0 bridgehead atoms. The van der Waals surface area contributed by atoms with Crippen molar-refractivity contribution in [3.8, 4) is 0 Å². The molecule has 1 aromatic carbocycles. The van der Waals surface area contributed by atoms with Crippen LogP contribution in [0.25, 0.3) is 0 Å². The van der Waals surface area contributed by atoms with Crippen molar-refractivity contribution in [2.75, 3.05) is 13.1 Å². The highest BCUT2D eigenvalue weighted by molar-refractivity contribution is 9.10. The van der Waals surface area contributed by atoms with Crippen molar-refractivity contribution in [3.05, 3.63) is 28.7 Å². The highest BCUT2D eigenvalue weighted by Crippen LogP contribution is 2.36. The molecule has 1 N–H and O–H groups in total. The zero-order chi connectivity index (χ0) is 15.8. The third-order valence-electron chi connectivity index (χ3n) is 4.11. The number of rotatable bonds is 2. The van der Waals surface area contributed by atoms with E-state index in [2.05, 4.69) is 36.7 Å². The zero-order valence-corrected chi connectivity index (χ0v) is 15.0. The predicted octanol–water partition coefficient (Wildman–Crippen LogP) is 2.87. The monoisotopic (exact) mass is 375 g/mol. The van der Waals surface area contributed by atoms with Gasteiger partial charge in [-0.1, -0.05) is 32.9 Å². The quantitative estimate of drug-likeness (QED) is 0.864. The molecule has 118 valence electrons. The molecule has 1 aromatic rings. The van der Waals surface area contributed by atoms with Crippen molar-refractivity contribution in [2.24, 2.45) is 11.3 Å². The minimum atomic E-state index is -3.57. The Hall–Kier alpha value is -0.430. The summed E-state index contributed by atoms with van der Waals surface area (Å²) >= 11 is 3.29. The number of halogens is 1. The first-order valence-corrected chi connectivity index (χ1v) is 9.30. The van der Waals surface area contributed by atoms with Crippen LogP contribution in [0.5, 0.6) is 0 Å². The highest BCUT2D eigenvalue weighted by atomic mass is 79.9. The third-order valence-corrected chi connectivity index (χ3v) is 6.99. The number of aliphatic hydroxyl groups is 1. The molecule has 2 atom stereocenters. The number of piperidine rings is 1. The molecule has 0 spiro atoms. The molecule has 0 amide bonds. The maximum absolute atomic E-state index is 12.7. The van der Waals surface area contributed by atoms with Crippen LogP contribution in [0.2, 0.25) is 0 Å². The van der Waals surface area contributed by atoms with Crippen LogP contribution in [0, 0.1) is 11.3 Å². The van der Waals surface area contributed by atoms with E-state index in [1.54, 1.807) is 24.3 Å². The van der Waals surface area contributed by atoms with Crippen LogP contribution in [0.15, 0.2) is 33.6 Å². The van der Waals surface area contributed by atoms with Crippen molar-refractivity contribution in [1.82, 2.24) is 4.31 Å². The summed E-state index contributed by atoms with van der Waals surface area (Å²) in [5, 5.41) is 10.3. The molecule has 4 nitrogen and oxygen atoms in total. The van der Waals surface area contributed by atoms with Crippen LogP contribution in [0.4, 0.5) is 0 Å². The van der Waals surface area contributed by atoms with E-state index in [1.165, 1.54) is 4.31 Å². The molecule has 1 fully saturated rings. The molecule has 0 aliphatic carbocycles. The molecule has 1 aliphatic heterocycles. The number of β-amino-alcohol motifs (C(OH)–C–C–N with tert-alkyl or cyclic N) is 1. The maximum atomic E-state index is 12.7. The highest BCUT2D eigenvalue weighted by Gasteiger charge is 2.39. The van der Waals surface area contributed by atoms with Crippen LogP contribution in [0.1, 0.15) is 27.2 Å². The molecule has 0 unspecified atom stereocenters. The number of sulfonamides is 1. The lowest BCUT2D eigenvalue weighted by molar-refractivity contribution is -0.00210. The largest absolute Gasteiger partial charge is 0.391 e. The van der Waals surface area contributed by atoms with Crippen LogP contribution < -0.4 is 0 Å². The van der Waals surface area contributed by atoms with Gasteiger partial charge < -0.3 is 5.11 Å². The van der Waals surface area contributed by atoms with Gasteiger partial charge in [0.1, 0.15) is 0 Å². The van der Waals surface area contributed by atoms with Gasteiger partial charge >= 0.3 is 0 Å². The summed E-state index contributed by atoms with van der Waals surface area (Å²) in [5.41, 5.74) is -0.0252. The van der Waals surface area contributed by atoms with E-state index < -0.39 is 16.1 Å². The molecule has 1 heterocycles. The average Bonchev–Trinajstić information content (AvgIpc) is 2.37. The van der Waals surface area contributed by atoms with E-state index >= 15 is 0 Å². The Labute approximate surface area is 135 Å². The van der Waals surface area contributed by atoms with Gasteiger partial charge in [-0.2, -0.15) is 4.31 Å². The van der Waals surface area contributed by atoms with Gasteiger partial charge in [0, 0.05) is 17.6 Å². The van der Waals surface area contributed by atoms with E-state index in [0.29, 0.717) is 17.4 Å². The van der Waals surface area contributed by atoms with Crippen molar-refractivity contribution >= 4 is 26.0 Å². The Bertz CT molecular complexity index is 610. The Kier molecular flexibility index (Phi) is 4.83.